The minimum atomic E-state index is -0.116. The van der Waals surface area contributed by atoms with E-state index in [-0.39, 0.29) is 6.10 Å². The smallest absolute Gasteiger partial charge is 0.209 e. The lowest BCUT2D eigenvalue weighted by molar-refractivity contribution is 0.126. The molecule has 1 aromatic rings. The van der Waals surface area contributed by atoms with Crippen LogP contribution < -0.4 is 4.90 Å². The van der Waals surface area contributed by atoms with Gasteiger partial charge in [-0.05, 0) is 41.6 Å². The van der Waals surface area contributed by atoms with Gasteiger partial charge in [0.15, 0.2) is 3.92 Å². The molecule has 3 heterocycles. The number of aliphatic hydroxyl groups is 1. The average molecular weight is 290 g/mol. The normalized spacial score (nSPS) is 34.8. The summed E-state index contributed by atoms with van der Waals surface area (Å²) in [6.07, 6.45) is 4.01. The van der Waals surface area contributed by atoms with E-state index in [1.165, 1.54) is 12.8 Å². The van der Waals surface area contributed by atoms with Crippen LogP contribution >= 0.6 is 27.3 Å². The van der Waals surface area contributed by atoms with Crippen molar-refractivity contribution >= 4 is 32.4 Å². The molecule has 15 heavy (non-hydrogen) atoms. The minimum absolute atomic E-state index is 0.116. The maximum atomic E-state index is 9.69. The Morgan fingerprint density at radius 2 is 1.93 bits per heavy atom. The van der Waals surface area contributed by atoms with E-state index in [9.17, 15) is 5.11 Å². The molecule has 2 fully saturated rings. The summed E-state index contributed by atoms with van der Waals surface area (Å²) in [6.45, 7) is 0. The second kappa shape index (κ2) is 3.68. The molecule has 0 aromatic carbocycles. The first-order valence-electron chi connectivity index (χ1n) is 5.19. The van der Waals surface area contributed by atoms with Gasteiger partial charge in [0.1, 0.15) is 0 Å². The summed E-state index contributed by atoms with van der Waals surface area (Å²) in [5.41, 5.74) is 0. The van der Waals surface area contributed by atoms with Gasteiger partial charge in [-0.25, -0.2) is 0 Å². The molecule has 2 atom stereocenters. The third-order valence-electron chi connectivity index (χ3n) is 3.32. The van der Waals surface area contributed by atoms with Crippen LogP contribution in [0.3, 0.4) is 0 Å². The van der Waals surface area contributed by atoms with Crippen LogP contribution in [0.25, 0.3) is 0 Å². The largest absolute Gasteiger partial charge is 0.393 e. The summed E-state index contributed by atoms with van der Waals surface area (Å²) < 4.78 is 0.836. The molecule has 3 rings (SSSR count). The fourth-order valence-corrected chi connectivity index (χ4v) is 3.99. The van der Waals surface area contributed by atoms with Crippen LogP contribution in [-0.4, -0.2) is 33.5 Å². The number of aliphatic hydroxyl groups excluding tert-OH is 1. The third-order valence-corrected chi connectivity index (χ3v) is 4.69. The Hall–Kier alpha value is -0.200. The summed E-state index contributed by atoms with van der Waals surface area (Å²) in [5, 5.41) is 18.9. The molecule has 6 heteroatoms. The van der Waals surface area contributed by atoms with Crippen LogP contribution in [0.4, 0.5) is 5.13 Å². The van der Waals surface area contributed by atoms with E-state index in [0.717, 1.165) is 21.9 Å². The van der Waals surface area contributed by atoms with Crippen molar-refractivity contribution < 1.29 is 5.11 Å². The molecule has 1 N–H and O–H groups in total. The van der Waals surface area contributed by atoms with E-state index in [2.05, 4.69) is 31.0 Å². The van der Waals surface area contributed by atoms with Crippen molar-refractivity contribution in [3.8, 4) is 0 Å². The van der Waals surface area contributed by atoms with Crippen molar-refractivity contribution in [3.05, 3.63) is 3.92 Å². The molecule has 0 radical (unpaired) electrons. The second-order valence-corrected chi connectivity index (χ2v) is 6.49. The van der Waals surface area contributed by atoms with Crippen molar-refractivity contribution in [1.82, 2.24) is 10.2 Å². The fourth-order valence-electron chi connectivity index (χ4n) is 2.76. The molecular weight excluding hydrogens is 278 g/mol. The first kappa shape index (κ1) is 9.99. The van der Waals surface area contributed by atoms with Gasteiger partial charge in [-0.15, -0.1) is 10.2 Å². The lowest BCUT2D eigenvalue weighted by Crippen LogP contribution is -2.44. The number of rotatable bonds is 1. The number of fused-ring (bicyclic) bond motifs is 2. The topological polar surface area (TPSA) is 49.2 Å². The summed E-state index contributed by atoms with van der Waals surface area (Å²) >= 11 is 4.92. The Bertz CT molecular complexity index is 358. The lowest BCUT2D eigenvalue weighted by Gasteiger charge is -2.36. The SMILES string of the molecule is OC1CC2CCC(C1)N2c1nnc(Br)s1. The van der Waals surface area contributed by atoms with Crippen LogP contribution in [0.1, 0.15) is 25.7 Å². The number of aromatic nitrogens is 2. The molecule has 0 amide bonds. The third kappa shape index (κ3) is 1.68. The van der Waals surface area contributed by atoms with Crippen LogP contribution in [0.5, 0.6) is 0 Å². The minimum Gasteiger partial charge on any atom is -0.393 e. The summed E-state index contributed by atoms with van der Waals surface area (Å²) in [6, 6.07) is 0.942. The molecule has 2 saturated heterocycles. The zero-order valence-electron chi connectivity index (χ0n) is 8.14. The average Bonchev–Trinajstić information content (AvgIpc) is 2.69. The Morgan fingerprint density at radius 3 is 2.47 bits per heavy atom. The van der Waals surface area contributed by atoms with Crippen LogP contribution in [0, 0.1) is 0 Å². The Morgan fingerprint density at radius 1 is 1.27 bits per heavy atom. The van der Waals surface area contributed by atoms with E-state index in [4.69, 9.17) is 0 Å². The number of nitrogens with zero attached hydrogens (tertiary/aromatic N) is 3. The Balaban J connectivity index is 1.88. The van der Waals surface area contributed by atoms with Gasteiger partial charge in [0.2, 0.25) is 5.13 Å². The van der Waals surface area contributed by atoms with Gasteiger partial charge in [-0.1, -0.05) is 11.3 Å². The molecule has 2 aliphatic heterocycles. The highest BCUT2D eigenvalue weighted by molar-refractivity contribution is 9.11. The Kier molecular flexibility index (Phi) is 2.45. The van der Waals surface area contributed by atoms with Crippen LogP contribution in [0.2, 0.25) is 0 Å². The van der Waals surface area contributed by atoms with Gasteiger partial charge in [-0.3, -0.25) is 0 Å². The van der Waals surface area contributed by atoms with E-state index < -0.39 is 0 Å². The zero-order valence-corrected chi connectivity index (χ0v) is 10.5. The van der Waals surface area contributed by atoms with Gasteiger partial charge >= 0.3 is 0 Å². The van der Waals surface area contributed by atoms with Crippen molar-refractivity contribution in [1.29, 1.82) is 0 Å². The van der Waals surface area contributed by atoms with Crippen molar-refractivity contribution in [3.63, 3.8) is 0 Å². The predicted molar refractivity (Wildman–Crippen MR) is 62.1 cm³/mol. The molecule has 82 valence electrons. The predicted octanol–water partition coefficient (Wildman–Crippen LogP) is 1.79. The number of hydrogen-bond donors (Lipinski definition) is 1. The maximum Gasteiger partial charge on any atom is 0.209 e. The van der Waals surface area contributed by atoms with E-state index in [1.54, 1.807) is 11.3 Å². The first-order valence-corrected chi connectivity index (χ1v) is 6.80. The molecular formula is C9H12BrN3OS. The van der Waals surface area contributed by atoms with Crippen LogP contribution in [0.15, 0.2) is 3.92 Å². The van der Waals surface area contributed by atoms with Gasteiger partial charge in [0.05, 0.1) is 6.10 Å². The molecule has 2 aliphatic rings. The fraction of sp³-hybridized carbons (Fsp3) is 0.778. The molecule has 0 saturated carbocycles. The molecule has 0 aliphatic carbocycles. The van der Waals surface area contributed by atoms with Gasteiger partial charge in [0, 0.05) is 12.1 Å². The van der Waals surface area contributed by atoms with Gasteiger partial charge in [-0.2, -0.15) is 0 Å². The number of anilines is 1. The molecule has 4 nitrogen and oxygen atoms in total. The quantitative estimate of drug-likeness (QED) is 0.856. The highest BCUT2D eigenvalue weighted by Gasteiger charge is 2.41. The van der Waals surface area contributed by atoms with Crippen molar-refractivity contribution in [2.45, 2.75) is 43.9 Å². The molecule has 1 aromatic heterocycles. The highest BCUT2D eigenvalue weighted by atomic mass is 79.9. The number of piperidine rings is 1. The summed E-state index contributed by atoms with van der Waals surface area (Å²) in [7, 11) is 0. The van der Waals surface area contributed by atoms with E-state index >= 15 is 0 Å². The Labute approximate surface area is 100 Å². The van der Waals surface area contributed by atoms with Crippen molar-refractivity contribution in [2.75, 3.05) is 4.90 Å². The highest BCUT2D eigenvalue weighted by Crippen LogP contribution is 2.40. The second-order valence-electron chi connectivity index (χ2n) is 4.26. The maximum absolute atomic E-state index is 9.69. The molecule has 0 spiro atoms. The van der Waals surface area contributed by atoms with E-state index in [1.807, 2.05) is 0 Å². The first-order chi connectivity index (χ1) is 7.24. The molecule has 2 unspecified atom stereocenters. The summed E-state index contributed by atoms with van der Waals surface area (Å²) in [4.78, 5) is 2.36. The standard InChI is InChI=1S/C9H12BrN3OS/c10-8-11-12-9(15-8)13-5-1-2-6(13)4-7(14)3-5/h5-7,14H,1-4H2. The van der Waals surface area contributed by atoms with Gasteiger partial charge < -0.3 is 10.0 Å². The number of hydrogen-bond acceptors (Lipinski definition) is 5. The zero-order chi connectivity index (χ0) is 10.4. The summed E-state index contributed by atoms with van der Waals surface area (Å²) in [5.74, 6) is 0. The lowest BCUT2D eigenvalue weighted by atomic mass is 10.0. The van der Waals surface area contributed by atoms with E-state index in [0.29, 0.717) is 12.1 Å². The van der Waals surface area contributed by atoms with Crippen molar-refractivity contribution in [2.24, 2.45) is 0 Å². The molecule has 2 bridgehead atoms. The monoisotopic (exact) mass is 289 g/mol. The number of halogens is 1. The van der Waals surface area contributed by atoms with Crippen LogP contribution in [-0.2, 0) is 0 Å². The van der Waals surface area contributed by atoms with Gasteiger partial charge in [0.25, 0.3) is 0 Å².